The van der Waals surface area contributed by atoms with Crippen LogP contribution in [0.5, 0.6) is 0 Å². The van der Waals surface area contributed by atoms with Gasteiger partial charge < -0.3 is 10.0 Å². The number of Topliss-reactive ketones (excluding diaryl/α,β-unsaturated/α-hetero) is 1. The van der Waals surface area contributed by atoms with Crippen LogP contribution < -0.4 is 0 Å². The molecular formula is C20H35NO3. The molecule has 138 valence electrons. The van der Waals surface area contributed by atoms with Gasteiger partial charge in [0, 0.05) is 13.5 Å². The molecule has 4 heteroatoms. The van der Waals surface area contributed by atoms with Crippen molar-refractivity contribution in [2.24, 2.45) is 0 Å². The van der Waals surface area contributed by atoms with Crippen molar-refractivity contribution < 1.29 is 14.7 Å². The first kappa shape index (κ1) is 20.7. The maximum atomic E-state index is 11.8. The number of aliphatic hydroxyl groups is 1. The van der Waals surface area contributed by atoms with Crippen molar-refractivity contribution in [1.82, 2.24) is 4.90 Å². The van der Waals surface area contributed by atoms with Gasteiger partial charge in [0.2, 0.25) is 0 Å². The lowest BCUT2D eigenvalue weighted by atomic mass is 10.0. The van der Waals surface area contributed by atoms with Crippen molar-refractivity contribution in [3.63, 3.8) is 0 Å². The summed E-state index contributed by atoms with van der Waals surface area (Å²) in [5.74, 6) is -0.600. The highest BCUT2D eigenvalue weighted by Crippen LogP contribution is 2.19. The molecule has 0 bridgehead atoms. The molecule has 1 N–H and O–H groups in total. The van der Waals surface area contributed by atoms with E-state index in [0.29, 0.717) is 6.42 Å². The van der Waals surface area contributed by atoms with E-state index in [1.807, 2.05) is 0 Å². The number of carbonyl (C=O) groups excluding carboxylic acids is 2. The predicted molar refractivity (Wildman–Crippen MR) is 98.0 cm³/mol. The van der Waals surface area contributed by atoms with E-state index in [4.69, 9.17) is 0 Å². The molecule has 1 amide bonds. The second-order valence-electron chi connectivity index (χ2n) is 7.05. The summed E-state index contributed by atoms with van der Waals surface area (Å²) >= 11 is 0. The molecule has 0 radical (unpaired) electrons. The Balaban J connectivity index is 2.01. The van der Waals surface area contributed by atoms with Gasteiger partial charge >= 0.3 is 0 Å². The summed E-state index contributed by atoms with van der Waals surface area (Å²) in [6.07, 6.45) is 15.5. The fourth-order valence-electron chi connectivity index (χ4n) is 3.22. The third kappa shape index (κ3) is 7.50. The Hall–Kier alpha value is -1.32. The van der Waals surface area contributed by atoms with Gasteiger partial charge in [-0.1, -0.05) is 77.6 Å². The fraction of sp³-hybridized carbons (Fsp3) is 0.800. The number of hydrogen-bond acceptors (Lipinski definition) is 3. The second-order valence-corrected chi connectivity index (χ2v) is 7.05. The highest BCUT2D eigenvalue weighted by molar-refractivity contribution is 6.25. The van der Waals surface area contributed by atoms with Crippen LogP contribution >= 0.6 is 0 Å². The van der Waals surface area contributed by atoms with E-state index in [1.165, 1.54) is 69.1 Å². The molecule has 4 nitrogen and oxygen atoms in total. The Morgan fingerprint density at radius 2 is 1.33 bits per heavy atom. The Morgan fingerprint density at radius 1 is 0.875 bits per heavy atom. The number of aliphatic hydroxyl groups excluding tert-OH is 1. The van der Waals surface area contributed by atoms with Gasteiger partial charge in [0.15, 0.2) is 5.78 Å². The van der Waals surface area contributed by atoms with Gasteiger partial charge in [-0.2, -0.15) is 0 Å². The van der Waals surface area contributed by atoms with Gasteiger partial charge in [0.1, 0.15) is 11.3 Å². The summed E-state index contributed by atoms with van der Waals surface area (Å²) in [4.78, 5) is 24.8. The molecule has 24 heavy (non-hydrogen) atoms. The first-order valence-electron chi connectivity index (χ1n) is 9.78. The standard InChI is InChI=1S/C20H35NO3/c1-3-4-5-6-7-8-9-10-11-12-13-14-15-17(22)19-18(23)16-21(2)20(19)24/h22H,3-16H2,1-2H3/b19-17+. The number of ketones is 1. The van der Waals surface area contributed by atoms with Gasteiger partial charge in [-0.15, -0.1) is 0 Å². The van der Waals surface area contributed by atoms with E-state index >= 15 is 0 Å². The van der Waals surface area contributed by atoms with Gasteiger partial charge in [0.25, 0.3) is 5.91 Å². The maximum absolute atomic E-state index is 11.8. The Morgan fingerprint density at radius 3 is 1.75 bits per heavy atom. The minimum absolute atomic E-state index is 0.0126. The van der Waals surface area contributed by atoms with Crippen molar-refractivity contribution in [1.29, 1.82) is 0 Å². The largest absolute Gasteiger partial charge is 0.511 e. The fourth-order valence-corrected chi connectivity index (χ4v) is 3.22. The average Bonchev–Trinajstić information content (AvgIpc) is 2.81. The predicted octanol–water partition coefficient (Wildman–Crippen LogP) is 4.93. The van der Waals surface area contributed by atoms with Crippen LogP contribution in [0.25, 0.3) is 0 Å². The van der Waals surface area contributed by atoms with Gasteiger partial charge in [0.05, 0.1) is 6.54 Å². The quantitative estimate of drug-likeness (QED) is 0.224. The zero-order valence-corrected chi connectivity index (χ0v) is 15.6. The first-order chi connectivity index (χ1) is 11.6. The summed E-state index contributed by atoms with van der Waals surface area (Å²) < 4.78 is 0. The summed E-state index contributed by atoms with van der Waals surface area (Å²) in [7, 11) is 1.59. The average molecular weight is 338 g/mol. The molecule has 0 unspecified atom stereocenters. The SMILES string of the molecule is CCCCCCCCCCCCCC/C(O)=C1/C(=O)CN(C)C1=O. The lowest BCUT2D eigenvalue weighted by Crippen LogP contribution is -2.19. The van der Waals surface area contributed by atoms with Crippen LogP contribution in [0.4, 0.5) is 0 Å². The zero-order chi connectivity index (χ0) is 17.8. The van der Waals surface area contributed by atoms with E-state index in [2.05, 4.69) is 6.92 Å². The molecule has 0 aliphatic carbocycles. The van der Waals surface area contributed by atoms with Crippen LogP contribution in [-0.4, -0.2) is 35.3 Å². The third-order valence-corrected chi connectivity index (χ3v) is 4.78. The molecule has 0 spiro atoms. The lowest BCUT2D eigenvalue weighted by molar-refractivity contribution is -0.123. The number of allylic oxidation sites excluding steroid dienone is 1. The Kier molecular flexibility index (Phi) is 10.4. The second kappa shape index (κ2) is 12.1. The van der Waals surface area contributed by atoms with Crippen LogP contribution in [-0.2, 0) is 9.59 Å². The van der Waals surface area contributed by atoms with Crippen LogP contribution in [0.1, 0.15) is 90.4 Å². The monoisotopic (exact) mass is 337 g/mol. The van der Waals surface area contributed by atoms with Gasteiger partial charge in [-0.25, -0.2) is 0 Å². The number of amides is 1. The molecule has 0 atom stereocenters. The molecule has 1 heterocycles. The smallest absolute Gasteiger partial charge is 0.261 e. The molecule has 1 saturated heterocycles. The van der Waals surface area contributed by atoms with Crippen molar-refractivity contribution in [3.05, 3.63) is 11.3 Å². The van der Waals surface area contributed by atoms with E-state index in [9.17, 15) is 14.7 Å². The molecule has 0 aromatic rings. The van der Waals surface area contributed by atoms with Gasteiger partial charge in [-0.05, 0) is 6.42 Å². The van der Waals surface area contributed by atoms with E-state index < -0.39 is 0 Å². The van der Waals surface area contributed by atoms with Crippen molar-refractivity contribution >= 4 is 11.7 Å². The minimum atomic E-state index is -0.337. The molecule has 0 aromatic carbocycles. The van der Waals surface area contributed by atoms with Crippen LogP contribution in [0.3, 0.4) is 0 Å². The van der Waals surface area contributed by atoms with Crippen LogP contribution in [0.15, 0.2) is 11.3 Å². The lowest BCUT2D eigenvalue weighted by Gasteiger charge is -2.05. The van der Waals surface area contributed by atoms with E-state index in [1.54, 1.807) is 7.05 Å². The number of nitrogens with zero attached hydrogens (tertiary/aromatic N) is 1. The van der Waals surface area contributed by atoms with Crippen LogP contribution in [0, 0.1) is 0 Å². The summed E-state index contributed by atoms with van der Waals surface area (Å²) in [5.41, 5.74) is 0.0144. The van der Waals surface area contributed by atoms with Crippen molar-refractivity contribution in [2.75, 3.05) is 13.6 Å². The molecular weight excluding hydrogens is 302 g/mol. The molecule has 1 aliphatic rings. The van der Waals surface area contributed by atoms with Crippen molar-refractivity contribution in [2.45, 2.75) is 90.4 Å². The molecule has 1 rings (SSSR count). The Bertz CT molecular complexity index is 429. The number of hydrogen-bond donors (Lipinski definition) is 1. The van der Waals surface area contributed by atoms with Crippen molar-refractivity contribution in [3.8, 4) is 0 Å². The van der Waals surface area contributed by atoms with E-state index in [0.717, 1.165) is 12.8 Å². The topological polar surface area (TPSA) is 57.6 Å². The van der Waals surface area contributed by atoms with Crippen LogP contribution in [0.2, 0.25) is 0 Å². The molecule has 0 aromatic heterocycles. The maximum Gasteiger partial charge on any atom is 0.261 e. The highest BCUT2D eigenvalue weighted by Gasteiger charge is 2.33. The minimum Gasteiger partial charge on any atom is -0.511 e. The number of likely N-dealkylation sites (tertiary alicyclic amines) is 1. The molecule has 1 aliphatic heterocycles. The number of unbranched alkanes of at least 4 members (excludes halogenated alkanes) is 11. The zero-order valence-electron chi connectivity index (χ0n) is 15.6. The number of rotatable bonds is 13. The molecule has 1 fully saturated rings. The highest BCUT2D eigenvalue weighted by atomic mass is 16.3. The first-order valence-corrected chi connectivity index (χ1v) is 9.78. The number of carbonyl (C=O) groups is 2. The summed E-state index contributed by atoms with van der Waals surface area (Å²) in [6.45, 7) is 2.34. The summed E-state index contributed by atoms with van der Waals surface area (Å²) in [6, 6.07) is 0. The normalized spacial score (nSPS) is 17.0. The third-order valence-electron chi connectivity index (χ3n) is 4.78. The van der Waals surface area contributed by atoms with Gasteiger partial charge in [-0.3, -0.25) is 9.59 Å². The number of likely N-dealkylation sites (N-methyl/N-ethyl adjacent to an activating group) is 1. The summed E-state index contributed by atoms with van der Waals surface area (Å²) in [5, 5.41) is 9.98. The Labute approximate surface area is 147 Å². The van der Waals surface area contributed by atoms with E-state index in [-0.39, 0.29) is 29.6 Å². The molecule has 0 saturated carbocycles.